The van der Waals surface area contributed by atoms with Crippen molar-refractivity contribution in [1.82, 2.24) is 0 Å². The first-order valence-corrected chi connectivity index (χ1v) is 6.47. The van der Waals surface area contributed by atoms with E-state index < -0.39 is 0 Å². The molecular formula is C15H22O4. The van der Waals surface area contributed by atoms with Gasteiger partial charge in [0.2, 0.25) is 5.75 Å². The van der Waals surface area contributed by atoms with Crippen molar-refractivity contribution in [1.29, 1.82) is 0 Å². The highest BCUT2D eigenvalue weighted by Gasteiger charge is 2.24. The molecule has 0 saturated heterocycles. The van der Waals surface area contributed by atoms with E-state index in [4.69, 9.17) is 14.2 Å². The summed E-state index contributed by atoms with van der Waals surface area (Å²) in [6.45, 7) is 4.03. The highest BCUT2D eigenvalue weighted by molar-refractivity contribution is 6.01. The number of hydrogen-bond acceptors (Lipinski definition) is 4. The van der Waals surface area contributed by atoms with Gasteiger partial charge < -0.3 is 14.2 Å². The molecule has 0 aliphatic rings. The first-order valence-electron chi connectivity index (χ1n) is 6.47. The van der Waals surface area contributed by atoms with E-state index in [0.29, 0.717) is 22.8 Å². The fourth-order valence-corrected chi connectivity index (χ4v) is 2.17. The summed E-state index contributed by atoms with van der Waals surface area (Å²) in [6, 6.07) is 3.47. The van der Waals surface area contributed by atoms with E-state index in [1.165, 1.54) is 14.2 Å². The number of carbonyl (C=O) groups excluding carboxylic acids is 1. The van der Waals surface area contributed by atoms with E-state index in [-0.39, 0.29) is 11.7 Å². The van der Waals surface area contributed by atoms with Crippen molar-refractivity contribution in [2.45, 2.75) is 26.7 Å². The van der Waals surface area contributed by atoms with Crippen LogP contribution in [0.25, 0.3) is 0 Å². The lowest BCUT2D eigenvalue weighted by atomic mass is 9.92. The van der Waals surface area contributed by atoms with Gasteiger partial charge in [0.15, 0.2) is 17.3 Å². The van der Waals surface area contributed by atoms with Crippen molar-refractivity contribution < 1.29 is 19.0 Å². The van der Waals surface area contributed by atoms with E-state index in [1.807, 2.05) is 13.8 Å². The molecule has 0 unspecified atom stereocenters. The molecule has 0 aromatic heterocycles. The van der Waals surface area contributed by atoms with Gasteiger partial charge in [-0.25, -0.2) is 0 Å². The van der Waals surface area contributed by atoms with Crippen LogP contribution in [0.4, 0.5) is 0 Å². The summed E-state index contributed by atoms with van der Waals surface area (Å²) in [4.78, 5) is 12.5. The normalized spacial score (nSPS) is 10.4. The van der Waals surface area contributed by atoms with E-state index >= 15 is 0 Å². The van der Waals surface area contributed by atoms with Crippen LogP contribution in [0.5, 0.6) is 17.2 Å². The van der Waals surface area contributed by atoms with Crippen molar-refractivity contribution in [3.63, 3.8) is 0 Å². The molecule has 0 N–H and O–H groups in total. The molecule has 4 nitrogen and oxygen atoms in total. The SMILES string of the molecule is CCC(CC)C(=O)c1ccc(OC)c(OC)c1OC. The van der Waals surface area contributed by atoms with Gasteiger partial charge in [-0.05, 0) is 25.0 Å². The number of Topliss-reactive ketones (excluding diaryl/α,β-unsaturated/α-hetero) is 1. The Morgan fingerprint density at radius 1 is 1.00 bits per heavy atom. The summed E-state index contributed by atoms with van der Waals surface area (Å²) in [5.41, 5.74) is 0.550. The van der Waals surface area contributed by atoms with Gasteiger partial charge in [-0.15, -0.1) is 0 Å². The zero-order valence-electron chi connectivity index (χ0n) is 12.3. The Labute approximate surface area is 114 Å². The smallest absolute Gasteiger partial charge is 0.204 e. The minimum absolute atomic E-state index is 0.00648. The van der Waals surface area contributed by atoms with E-state index in [1.54, 1.807) is 19.2 Å². The largest absolute Gasteiger partial charge is 0.493 e. The molecule has 0 aliphatic carbocycles. The maximum Gasteiger partial charge on any atom is 0.204 e. The Hall–Kier alpha value is -1.71. The second kappa shape index (κ2) is 7.02. The Morgan fingerprint density at radius 3 is 2.00 bits per heavy atom. The fraction of sp³-hybridized carbons (Fsp3) is 0.533. The Bertz CT molecular complexity index is 436. The van der Waals surface area contributed by atoms with Gasteiger partial charge in [0.05, 0.1) is 26.9 Å². The molecule has 1 rings (SSSR count). The van der Waals surface area contributed by atoms with Crippen molar-refractivity contribution in [2.75, 3.05) is 21.3 Å². The first kappa shape index (κ1) is 15.3. The van der Waals surface area contributed by atoms with Crippen molar-refractivity contribution in [3.05, 3.63) is 17.7 Å². The van der Waals surface area contributed by atoms with Crippen LogP contribution in [-0.4, -0.2) is 27.1 Å². The molecule has 0 fully saturated rings. The molecule has 1 aromatic rings. The molecule has 19 heavy (non-hydrogen) atoms. The molecule has 0 amide bonds. The molecule has 0 heterocycles. The Kier molecular flexibility index (Phi) is 5.67. The van der Waals surface area contributed by atoms with Crippen LogP contribution in [0, 0.1) is 5.92 Å². The topological polar surface area (TPSA) is 44.8 Å². The minimum Gasteiger partial charge on any atom is -0.493 e. The molecule has 0 radical (unpaired) electrons. The maximum absolute atomic E-state index is 12.5. The maximum atomic E-state index is 12.5. The fourth-order valence-electron chi connectivity index (χ4n) is 2.17. The Morgan fingerprint density at radius 2 is 1.58 bits per heavy atom. The molecule has 0 atom stereocenters. The molecule has 0 spiro atoms. The quantitative estimate of drug-likeness (QED) is 0.710. The summed E-state index contributed by atoms with van der Waals surface area (Å²) < 4.78 is 15.8. The zero-order chi connectivity index (χ0) is 14.4. The zero-order valence-corrected chi connectivity index (χ0v) is 12.3. The number of hydrogen-bond donors (Lipinski definition) is 0. The first-order chi connectivity index (χ1) is 9.14. The van der Waals surface area contributed by atoms with Crippen LogP contribution in [0.15, 0.2) is 12.1 Å². The van der Waals surface area contributed by atoms with Gasteiger partial charge in [0, 0.05) is 5.92 Å². The standard InChI is InChI=1S/C15H22O4/c1-6-10(7-2)13(16)11-8-9-12(17-3)15(19-5)14(11)18-4/h8-10H,6-7H2,1-5H3. The predicted octanol–water partition coefficient (Wildman–Crippen LogP) is 3.33. The van der Waals surface area contributed by atoms with E-state index in [9.17, 15) is 4.79 Å². The lowest BCUT2D eigenvalue weighted by Gasteiger charge is -2.17. The van der Waals surface area contributed by atoms with Crippen molar-refractivity contribution in [3.8, 4) is 17.2 Å². The molecule has 0 saturated carbocycles. The summed E-state index contributed by atoms with van der Waals surface area (Å²) >= 11 is 0. The van der Waals surface area contributed by atoms with Crippen LogP contribution in [0.2, 0.25) is 0 Å². The number of methoxy groups -OCH3 is 3. The summed E-state index contributed by atoms with van der Waals surface area (Å²) in [7, 11) is 4.62. The number of carbonyl (C=O) groups is 1. The minimum atomic E-state index is 0.00648. The summed E-state index contributed by atoms with van der Waals surface area (Å²) in [6.07, 6.45) is 1.62. The van der Waals surface area contributed by atoms with Crippen LogP contribution >= 0.6 is 0 Å². The van der Waals surface area contributed by atoms with Gasteiger partial charge >= 0.3 is 0 Å². The molecular weight excluding hydrogens is 244 g/mol. The van der Waals surface area contributed by atoms with Crippen LogP contribution in [0.1, 0.15) is 37.0 Å². The van der Waals surface area contributed by atoms with Gasteiger partial charge in [-0.1, -0.05) is 13.8 Å². The van der Waals surface area contributed by atoms with E-state index in [2.05, 4.69) is 0 Å². The number of ether oxygens (including phenoxy) is 3. The second-order valence-electron chi connectivity index (χ2n) is 4.26. The van der Waals surface area contributed by atoms with Crippen LogP contribution in [0.3, 0.4) is 0 Å². The third-order valence-electron chi connectivity index (χ3n) is 3.33. The average Bonchev–Trinajstić information content (AvgIpc) is 2.46. The average molecular weight is 266 g/mol. The van der Waals surface area contributed by atoms with Crippen LogP contribution < -0.4 is 14.2 Å². The molecule has 0 bridgehead atoms. The number of ketones is 1. The molecule has 1 aromatic carbocycles. The third kappa shape index (κ3) is 3.00. The van der Waals surface area contributed by atoms with Gasteiger partial charge in [-0.2, -0.15) is 0 Å². The highest BCUT2D eigenvalue weighted by Crippen LogP contribution is 2.40. The lowest BCUT2D eigenvalue weighted by molar-refractivity contribution is 0.0909. The van der Waals surface area contributed by atoms with Crippen molar-refractivity contribution >= 4 is 5.78 Å². The van der Waals surface area contributed by atoms with Gasteiger partial charge in [0.25, 0.3) is 0 Å². The van der Waals surface area contributed by atoms with Crippen LogP contribution in [-0.2, 0) is 0 Å². The van der Waals surface area contributed by atoms with E-state index in [0.717, 1.165) is 12.8 Å². The number of benzene rings is 1. The second-order valence-corrected chi connectivity index (χ2v) is 4.26. The van der Waals surface area contributed by atoms with Gasteiger partial charge in [0.1, 0.15) is 0 Å². The highest BCUT2D eigenvalue weighted by atomic mass is 16.5. The summed E-state index contributed by atoms with van der Waals surface area (Å²) in [5.74, 6) is 1.55. The monoisotopic (exact) mass is 266 g/mol. The molecule has 0 aliphatic heterocycles. The summed E-state index contributed by atoms with van der Waals surface area (Å²) in [5, 5.41) is 0. The third-order valence-corrected chi connectivity index (χ3v) is 3.33. The van der Waals surface area contributed by atoms with Crippen molar-refractivity contribution in [2.24, 2.45) is 5.92 Å². The van der Waals surface area contributed by atoms with Gasteiger partial charge in [-0.3, -0.25) is 4.79 Å². The molecule has 106 valence electrons. The molecule has 4 heteroatoms. The number of rotatable bonds is 7. The predicted molar refractivity (Wildman–Crippen MR) is 74.5 cm³/mol. The Balaban J connectivity index is 3.32. The lowest BCUT2D eigenvalue weighted by Crippen LogP contribution is -2.14.